The summed E-state index contributed by atoms with van der Waals surface area (Å²) in [6, 6.07) is 1.80. The van der Waals surface area contributed by atoms with Gasteiger partial charge < -0.3 is 5.32 Å². The highest BCUT2D eigenvalue weighted by Crippen LogP contribution is 2.16. The standard InChI is InChI=1S/C11H11FN2O4/c1-6(7(2)15)13-11(16)8-3-9(12)5-10(4-8)14(17)18/h3-6H,1-2H3,(H,13,16). The van der Waals surface area contributed by atoms with E-state index in [1.165, 1.54) is 13.8 Å². The van der Waals surface area contributed by atoms with E-state index in [1.807, 2.05) is 0 Å². The maximum Gasteiger partial charge on any atom is 0.273 e. The van der Waals surface area contributed by atoms with Crippen LogP contribution in [0.4, 0.5) is 10.1 Å². The van der Waals surface area contributed by atoms with Crippen molar-refractivity contribution in [2.24, 2.45) is 0 Å². The number of ketones is 1. The zero-order chi connectivity index (χ0) is 13.9. The number of hydrogen-bond acceptors (Lipinski definition) is 4. The van der Waals surface area contributed by atoms with Crippen molar-refractivity contribution < 1.29 is 18.9 Å². The summed E-state index contributed by atoms with van der Waals surface area (Å²) < 4.78 is 13.1. The molecular formula is C11H11FN2O4. The number of Topliss-reactive ketones (excluding diaryl/α,β-unsaturated/α-hetero) is 1. The van der Waals surface area contributed by atoms with Crippen LogP contribution in [-0.2, 0) is 4.79 Å². The van der Waals surface area contributed by atoms with Gasteiger partial charge in [-0.05, 0) is 19.9 Å². The normalized spacial score (nSPS) is 11.7. The van der Waals surface area contributed by atoms with Crippen molar-refractivity contribution in [3.05, 3.63) is 39.7 Å². The van der Waals surface area contributed by atoms with Gasteiger partial charge in [-0.2, -0.15) is 0 Å². The average molecular weight is 254 g/mol. The smallest absolute Gasteiger partial charge is 0.273 e. The Hall–Kier alpha value is -2.31. The number of carbonyl (C=O) groups excluding carboxylic acids is 2. The van der Waals surface area contributed by atoms with Crippen molar-refractivity contribution in [3.63, 3.8) is 0 Å². The van der Waals surface area contributed by atoms with Crippen LogP contribution in [0, 0.1) is 15.9 Å². The van der Waals surface area contributed by atoms with Gasteiger partial charge in [0.15, 0.2) is 5.78 Å². The van der Waals surface area contributed by atoms with Gasteiger partial charge in [0.05, 0.1) is 17.0 Å². The number of carbonyl (C=O) groups is 2. The lowest BCUT2D eigenvalue weighted by Gasteiger charge is -2.10. The monoisotopic (exact) mass is 254 g/mol. The topological polar surface area (TPSA) is 89.3 Å². The van der Waals surface area contributed by atoms with E-state index in [1.54, 1.807) is 0 Å². The third-order valence-electron chi connectivity index (χ3n) is 2.31. The molecule has 1 rings (SSSR count). The lowest BCUT2D eigenvalue weighted by atomic mass is 10.1. The Bertz CT molecular complexity index is 516. The highest BCUT2D eigenvalue weighted by Gasteiger charge is 2.17. The first-order valence-electron chi connectivity index (χ1n) is 5.07. The molecule has 0 aliphatic rings. The van der Waals surface area contributed by atoms with E-state index in [4.69, 9.17) is 0 Å². The quantitative estimate of drug-likeness (QED) is 0.650. The molecule has 1 unspecified atom stereocenters. The molecule has 1 amide bonds. The van der Waals surface area contributed by atoms with Gasteiger partial charge in [0, 0.05) is 11.6 Å². The largest absolute Gasteiger partial charge is 0.343 e. The molecule has 0 saturated heterocycles. The molecule has 1 N–H and O–H groups in total. The van der Waals surface area contributed by atoms with E-state index in [0.717, 1.165) is 12.1 Å². The van der Waals surface area contributed by atoms with E-state index >= 15 is 0 Å². The molecule has 0 saturated carbocycles. The number of non-ortho nitro benzene ring substituents is 1. The van der Waals surface area contributed by atoms with Gasteiger partial charge in [0.1, 0.15) is 5.82 Å². The van der Waals surface area contributed by atoms with Crippen LogP contribution in [0.25, 0.3) is 0 Å². The van der Waals surface area contributed by atoms with Crippen LogP contribution in [0.2, 0.25) is 0 Å². The number of hydrogen-bond donors (Lipinski definition) is 1. The molecule has 0 aromatic heterocycles. The van der Waals surface area contributed by atoms with Crippen molar-refractivity contribution in [3.8, 4) is 0 Å². The molecule has 1 atom stereocenters. The summed E-state index contributed by atoms with van der Waals surface area (Å²) >= 11 is 0. The Balaban J connectivity index is 2.99. The molecule has 96 valence electrons. The summed E-state index contributed by atoms with van der Waals surface area (Å²) in [5, 5.41) is 12.8. The molecule has 0 fully saturated rings. The second-order valence-corrected chi connectivity index (χ2v) is 3.76. The zero-order valence-corrected chi connectivity index (χ0v) is 9.77. The molecule has 1 aromatic carbocycles. The predicted octanol–water partition coefficient (Wildman–Crippen LogP) is 1.44. The van der Waals surface area contributed by atoms with E-state index in [0.29, 0.717) is 6.07 Å². The number of nitro groups is 1. The number of benzene rings is 1. The van der Waals surface area contributed by atoms with Gasteiger partial charge in [-0.15, -0.1) is 0 Å². The Kier molecular flexibility index (Phi) is 4.09. The van der Waals surface area contributed by atoms with Crippen molar-refractivity contribution in [2.45, 2.75) is 19.9 Å². The first-order valence-corrected chi connectivity index (χ1v) is 5.07. The first-order chi connectivity index (χ1) is 8.31. The lowest BCUT2D eigenvalue weighted by molar-refractivity contribution is -0.385. The SMILES string of the molecule is CC(=O)C(C)NC(=O)c1cc(F)cc([N+](=O)[O-])c1. The fraction of sp³-hybridized carbons (Fsp3) is 0.273. The molecule has 0 bridgehead atoms. The number of amides is 1. The van der Waals surface area contributed by atoms with Crippen molar-refractivity contribution in [1.29, 1.82) is 0 Å². The van der Waals surface area contributed by atoms with E-state index in [2.05, 4.69) is 5.32 Å². The molecule has 0 spiro atoms. The summed E-state index contributed by atoms with van der Waals surface area (Å²) in [4.78, 5) is 32.3. The third-order valence-corrected chi connectivity index (χ3v) is 2.31. The minimum absolute atomic E-state index is 0.199. The minimum atomic E-state index is -0.884. The van der Waals surface area contributed by atoms with Crippen molar-refractivity contribution in [1.82, 2.24) is 5.32 Å². The fourth-order valence-corrected chi connectivity index (χ4v) is 1.19. The highest BCUT2D eigenvalue weighted by molar-refractivity contribution is 5.97. The van der Waals surface area contributed by atoms with Crippen LogP contribution in [0.1, 0.15) is 24.2 Å². The molecule has 0 aliphatic heterocycles. The van der Waals surface area contributed by atoms with Crippen molar-refractivity contribution >= 4 is 17.4 Å². The van der Waals surface area contributed by atoms with Gasteiger partial charge in [0.25, 0.3) is 11.6 Å². The molecule has 18 heavy (non-hydrogen) atoms. The number of halogens is 1. The second kappa shape index (κ2) is 5.35. The summed E-state index contributed by atoms with van der Waals surface area (Å²) in [5.41, 5.74) is -0.717. The van der Waals surface area contributed by atoms with Gasteiger partial charge in [0.2, 0.25) is 0 Å². The number of nitro benzene ring substituents is 1. The Labute approximate surface area is 102 Å². The second-order valence-electron chi connectivity index (χ2n) is 3.76. The van der Waals surface area contributed by atoms with Crippen LogP contribution in [-0.4, -0.2) is 22.7 Å². The van der Waals surface area contributed by atoms with Crippen LogP contribution in [0.3, 0.4) is 0 Å². The summed E-state index contributed by atoms with van der Waals surface area (Å²) in [7, 11) is 0. The molecule has 0 radical (unpaired) electrons. The zero-order valence-electron chi connectivity index (χ0n) is 9.77. The summed E-state index contributed by atoms with van der Waals surface area (Å²) in [5.74, 6) is -1.89. The van der Waals surface area contributed by atoms with Crippen molar-refractivity contribution in [2.75, 3.05) is 0 Å². The molecular weight excluding hydrogens is 243 g/mol. The Morgan fingerprint density at radius 1 is 1.39 bits per heavy atom. The Morgan fingerprint density at radius 2 is 2.00 bits per heavy atom. The fourth-order valence-electron chi connectivity index (χ4n) is 1.19. The molecule has 6 nitrogen and oxygen atoms in total. The van der Waals surface area contributed by atoms with E-state index < -0.39 is 28.4 Å². The lowest BCUT2D eigenvalue weighted by Crippen LogP contribution is -2.37. The van der Waals surface area contributed by atoms with Crippen LogP contribution < -0.4 is 5.32 Å². The maximum atomic E-state index is 13.1. The van der Waals surface area contributed by atoms with Crippen LogP contribution in [0.5, 0.6) is 0 Å². The number of nitrogens with one attached hydrogen (secondary N) is 1. The van der Waals surface area contributed by atoms with Gasteiger partial charge in [-0.25, -0.2) is 4.39 Å². The first kappa shape index (κ1) is 13.8. The van der Waals surface area contributed by atoms with E-state index in [9.17, 15) is 24.1 Å². The van der Waals surface area contributed by atoms with Crippen LogP contribution in [0.15, 0.2) is 18.2 Å². The molecule has 7 heteroatoms. The number of rotatable bonds is 4. The van der Waals surface area contributed by atoms with Gasteiger partial charge >= 0.3 is 0 Å². The maximum absolute atomic E-state index is 13.1. The van der Waals surface area contributed by atoms with E-state index in [-0.39, 0.29) is 11.3 Å². The summed E-state index contributed by atoms with van der Waals surface area (Å²) in [6.45, 7) is 2.76. The molecule has 1 aromatic rings. The Morgan fingerprint density at radius 3 is 2.50 bits per heavy atom. The van der Waals surface area contributed by atoms with Gasteiger partial charge in [-0.3, -0.25) is 19.7 Å². The molecule has 0 heterocycles. The molecule has 0 aliphatic carbocycles. The highest BCUT2D eigenvalue weighted by atomic mass is 19.1. The minimum Gasteiger partial charge on any atom is -0.343 e. The van der Waals surface area contributed by atoms with Gasteiger partial charge in [-0.1, -0.05) is 0 Å². The third kappa shape index (κ3) is 3.34. The predicted molar refractivity (Wildman–Crippen MR) is 60.7 cm³/mol. The number of nitrogens with zero attached hydrogens (tertiary/aromatic N) is 1. The average Bonchev–Trinajstić information content (AvgIpc) is 2.27. The van der Waals surface area contributed by atoms with Crippen LogP contribution >= 0.6 is 0 Å². The summed E-state index contributed by atoms with van der Waals surface area (Å²) in [6.07, 6.45) is 0.